The molecule has 1 fully saturated rings. The first-order valence-electron chi connectivity index (χ1n) is 7.53. The number of nitrogens with one attached hydrogen (secondary N) is 2. The Morgan fingerprint density at radius 3 is 2.48 bits per heavy atom. The van der Waals surface area contributed by atoms with Gasteiger partial charge in [0.25, 0.3) is 0 Å². The lowest BCUT2D eigenvalue weighted by Gasteiger charge is -2.38. The minimum absolute atomic E-state index is 0.260. The van der Waals surface area contributed by atoms with Crippen molar-refractivity contribution in [1.82, 2.24) is 15.8 Å². The lowest BCUT2D eigenvalue weighted by atomic mass is 10.00. The summed E-state index contributed by atoms with van der Waals surface area (Å²) in [6.07, 6.45) is 4.14. The van der Waals surface area contributed by atoms with E-state index in [4.69, 9.17) is 9.84 Å². The number of amides is 2. The summed E-state index contributed by atoms with van der Waals surface area (Å²) in [5.41, 5.74) is 2.78. The van der Waals surface area contributed by atoms with Gasteiger partial charge < -0.3 is 15.2 Å². The van der Waals surface area contributed by atoms with Crippen molar-refractivity contribution in [2.45, 2.75) is 64.1 Å². The van der Waals surface area contributed by atoms with Crippen LogP contribution in [0.1, 0.15) is 46.0 Å². The normalized spacial score (nSPS) is 24.3. The number of carboxylic acids is 1. The SMILES string of the molecule is COCCCC(NC(=O)NN1C(C)CCCC1C)C(=O)O. The van der Waals surface area contributed by atoms with Crippen molar-refractivity contribution in [3.05, 3.63) is 0 Å². The minimum atomic E-state index is -1.03. The second-order valence-electron chi connectivity index (χ2n) is 5.65. The van der Waals surface area contributed by atoms with Gasteiger partial charge >= 0.3 is 12.0 Å². The van der Waals surface area contributed by atoms with E-state index in [0.29, 0.717) is 19.4 Å². The van der Waals surface area contributed by atoms with E-state index in [1.54, 1.807) is 7.11 Å². The zero-order valence-corrected chi connectivity index (χ0v) is 13.1. The van der Waals surface area contributed by atoms with Crippen LogP contribution in [-0.4, -0.2) is 54.0 Å². The van der Waals surface area contributed by atoms with Gasteiger partial charge in [0.15, 0.2) is 0 Å². The van der Waals surface area contributed by atoms with Crippen molar-refractivity contribution < 1.29 is 19.4 Å². The van der Waals surface area contributed by atoms with Crippen molar-refractivity contribution in [2.75, 3.05) is 13.7 Å². The first-order valence-corrected chi connectivity index (χ1v) is 7.53. The Bertz CT molecular complexity index is 341. The van der Waals surface area contributed by atoms with E-state index in [-0.39, 0.29) is 12.1 Å². The Labute approximate surface area is 126 Å². The lowest BCUT2D eigenvalue weighted by Crippen LogP contribution is -2.58. The number of nitrogens with zero attached hydrogens (tertiary/aromatic N) is 1. The van der Waals surface area contributed by atoms with Gasteiger partial charge in [-0.2, -0.15) is 0 Å². The van der Waals surface area contributed by atoms with Crippen LogP contribution in [-0.2, 0) is 9.53 Å². The maximum absolute atomic E-state index is 12.0. The van der Waals surface area contributed by atoms with Crippen LogP contribution in [0.2, 0.25) is 0 Å². The molecule has 0 aliphatic carbocycles. The summed E-state index contributed by atoms with van der Waals surface area (Å²) in [5, 5.41) is 13.6. The van der Waals surface area contributed by atoms with Crippen LogP contribution in [0, 0.1) is 0 Å². The molecule has 1 heterocycles. The molecule has 0 spiro atoms. The number of piperidine rings is 1. The molecule has 7 nitrogen and oxygen atoms in total. The molecule has 7 heteroatoms. The molecule has 0 aromatic heterocycles. The maximum Gasteiger partial charge on any atom is 0.330 e. The Kier molecular flexibility index (Phi) is 7.45. The van der Waals surface area contributed by atoms with Gasteiger partial charge in [-0.25, -0.2) is 14.6 Å². The van der Waals surface area contributed by atoms with E-state index in [1.165, 1.54) is 0 Å². The monoisotopic (exact) mass is 301 g/mol. The van der Waals surface area contributed by atoms with Gasteiger partial charge in [0, 0.05) is 25.8 Å². The largest absolute Gasteiger partial charge is 0.480 e. The highest BCUT2D eigenvalue weighted by Gasteiger charge is 2.27. The van der Waals surface area contributed by atoms with Gasteiger partial charge in [0.2, 0.25) is 0 Å². The van der Waals surface area contributed by atoms with E-state index in [9.17, 15) is 9.59 Å². The summed E-state index contributed by atoms with van der Waals surface area (Å²) in [7, 11) is 1.56. The maximum atomic E-state index is 12.0. The number of hydrogen-bond acceptors (Lipinski definition) is 4. The molecule has 0 aromatic carbocycles. The van der Waals surface area contributed by atoms with Crippen molar-refractivity contribution in [2.24, 2.45) is 0 Å². The van der Waals surface area contributed by atoms with Crippen LogP contribution in [0.25, 0.3) is 0 Å². The molecule has 0 saturated carbocycles. The topological polar surface area (TPSA) is 90.9 Å². The smallest absolute Gasteiger partial charge is 0.330 e. The standard InChI is InChI=1S/C14H27N3O4/c1-10-6-4-7-11(2)17(10)16-14(20)15-12(13(18)19)8-5-9-21-3/h10-12H,4-9H2,1-3H3,(H,18,19)(H2,15,16,20). The number of rotatable bonds is 7. The van der Waals surface area contributed by atoms with E-state index in [1.807, 2.05) is 5.01 Å². The number of urea groups is 1. The summed E-state index contributed by atoms with van der Waals surface area (Å²) in [5.74, 6) is -1.03. The van der Waals surface area contributed by atoms with E-state index >= 15 is 0 Å². The van der Waals surface area contributed by atoms with E-state index < -0.39 is 18.0 Å². The number of aliphatic carboxylic acids is 1. The third-order valence-electron chi connectivity index (χ3n) is 3.87. The molecule has 0 bridgehead atoms. The molecule has 122 valence electrons. The average Bonchev–Trinajstić information content (AvgIpc) is 2.42. The number of methoxy groups -OCH3 is 1. The second kappa shape index (κ2) is 8.84. The second-order valence-corrected chi connectivity index (χ2v) is 5.65. The molecule has 1 saturated heterocycles. The Balaban J connectivity index is 2.47. The highest BCUT2D eigenvalue weighted by Crippen LogP contribution is 2.20. The highest BCUT2D eigenvalue weighted by atomic mass is 16.5. The Morgan fingerprint density at radius 2 is 1.95 bits per heavy atom. The first kappa shape index (κ1) is 17.7. The van der Waals surface area contributed by atoms with Crippen LogP contribution in [0.3, 0.4) is 0 Å². The first-order chi connectivity index (χ1) is 9.95. The van der Waals surface area contributed by atoms with Crippen LogP contribution in [0.5, 0.6) is 0 Å². The van der Waals surface area contributed by atoms with Gasteiger partial charge in [-0.15, -0.1) is 0 Å². The summed E-state index contributed by atoms with van der Waals surface area (Å²) >= 11 is 0. The molecule has 0 radical (unpaired) electrons. The number of carboxylic acid groups (broad SMARTS) is 1. The van der Waals surface area contributed by atoms with Crippen LogP contribution >= 0.6 is 0 Å². The fraction of sp³-hybridized carbons (Fsp3) is 0.857. The zero-order chi connectivity index (χ0) is 15.8. The molecule has 1 aliphatic heterocycles. The van der Waals surface area contributed by atoms with Crippen LogP contribution in [0.15, 0.2) is 0 Å². The fourth-order valence-corrected chi connectivity index (χ4v) is 2.64. The van der Waals surface area contributed by atoms with E-state index in [2.05, 4.69) is 24.6 Å². The molecular weight excluding hydrogens is 274 g/mol. The van der Waals surface area contributed by atoms with Gasteiger partial charge in [-0.3, -0.25) is 5.43 Å². The van der Waals surface area contributed by atoms with E-state index in [0.717, 1.165) is 19.3 Å². The molecule has 1 aliphatic rings. The van der Waals surface area contributed by atoms with Gasteiger partial charge in [-0.1, -0.05) is 6.42 Å². The third-order valence-corrected chi connectivity index (χ3v) is 3.87. The summed E-state index contributed by atoms with van der Waals surface area (Å²) in [4.78, 5) is 23.1. The molecule has 0 aromatic rings. The van der Waals surface area contributed by atoms with Gasteiger partial charge in [0.05, 0.1) is 0 Å². The molecule has 1 rings (SSSR count). The lowest BCUT2D eigenvalue weighted by molar-refractivity contribution is -0.139. The van der Waals surface area contributed by atoms with Gasteiger partial charge in [0.1, 0.15) is 6.04 Å². The number of carbonyl (C=O) groups is 2. The molecule has 21 heavy (non-hydrogen) atoms. The predicted molar refractivity (Wildman–Crippen MR) is 78.8 cm³/mol. The predicted octanol–water partition coefficient (Wildman–Crippen LogP) is 1.34. The summed E-state index contributed by atoms with van der Waals surface area (Å²) in [6, 6.07) is -0.830. The number of hydrazine groups is 1. The van der Waals surface area contributed by atoms with Crippen LogP contribution < -0.4 is 10.7 Å². The molecule has 2 amide bonds. The van der Waals surface area contributed by atoms with Crippen molar-refractivity contribution in [3.8, 4) is 0 Å². The number of ether oxygens (including phenoxy) is 1. The number of carbonyl (C=O) groups excluding carboxylic acids is 1. The van der Waals surface area contributed by atoms with Gasteiger partial charge in [-0.05, 0) is 39.5 Å². The number of hydrogen-bond donors (Lipinski definition) is 3. The molecule has 3 atom stereocenters. The average molecular weight is 301 g/mol. The Morgan fingerprint density at radius 1 is 1.33 bits per heavy atom. The van der Waals surface area contributed by atoms with Crippen molar-refractivity contribution in [1.29, 1.82) is 0 Å². The third kappa shape index (κ3) is 5.89. The summed E-state index contributed by atoms with van der Waals surface area (Å²) < 4.78 is 4.90. The zero-order valence-electron chi connectivity index (χ0n) is 13.1. The Hall–Kier alpha value is -1.34. The van der Waals surface area contributed by atoms with Crippen molar-refractivity contribution >= 4 is 12.0 Å². The van der Waals surface area contributed by atoms with Crippen LogP contribution in [0.4, 0.5) is 4.79 Å². The molecule has 3 N–H and O–H groups in total. The quantitative estimate of drug-likeness (QED) is 0.617. The fourth-order valence-electron chi connectivity index (χ4n) is 2.64. The minimum Gasteiger partial charge on any atom is -0.480 e. The summed E-state index contributed by atoms with van der Waals surface area (Å²) in [6.45, 7) is 4.60. The molecule has 3 unspecified atom stereocenters. The highest BCUT2D eigenvalue weighted by molar-refractivity contribution is 5.82. The van der Waals surface area contributed by atoms with Crippen molar-refractivity contribution in [3.63, 3.8) is 0 Å². The molecular formula is C14H27N3O4.